The standard InChI is InChI=1S/C26H23F2N5OS/c1-16-29-12-11-21(30-16)24-23(32-26(35-24)33-13-3-2-4-14-33)17-7-5-8-18(15-17)31-25(34)22-19(27)9-6-10-20(22)28/h5-12,15H,2-4,13-14H2,1H3,(H,31,34). The highest BCUT2D eigenvalue weighted by molar-refractivity contribution is 7.19. The van der Waals surface area contributed by atoms with Crippen molar-refractivity contribution in [2.24, 2.45) is 0 Å². The minimum Gasteiger partial charge on any atom is -0.348 e. The maximum atomic E-state index is 14.1. The van der Waals surface area contributed by atoms with Crippen molar-refractivity contribution < 1.29 is 13.6 Å². The lowest BCUT2D eigenvalue weighted by Crippen LogP contribution is -2.29. The molecule has 2 aromatic heterocycles. The van der Waals surface area contributed by atoms with Crippen LogP contribution in [-0.4, -0.2) is 33.9 Å². The Hall–Kier alpha value is -3.72. The fourth-order valence-corrected chi connectivity index (χ4v) is 5.24. The zero-order valence-corrected chi connectivity index (χ0v) is 19.9. The van der Waals surface area contributed by atoms with E-state index in [0.29, 0.717) is 11.5 Å². The van der Waals surface area contributed by atoms with E-state index in [9.17, 15) is 13.6 Å². The molecule has 0 unspecified atom stereocenters. The summed E-state index contributed by atoms with van der Waals surface area (Å²) < 4.78 is 28.1. The second-order valence-electron chi connectivity index (χ2n) is 8.34. The lowest BCUT2D eigenvalue weighted by atomic mass is 10.1. The van der Waals surface area contributed by atoms with Gasteiger partial charge in [-0.15, -0.1) is 0 Å². The molecule has 2 aromatic carbocycles. The van der Waals surface area contributed by atoms with Gasteiger partial charge in [0, 0.05) is 30.5 Å². The molecule has 6 nitrogen and oxygen atoms in total. The van der Waals surface area contributed by atoms with Gasteiger partial charge < -0.3 is 10.2 Å². The van der Waals surface area contributed by atoms with E-state index < -0.39 is 23.1 Å². The third-order valence-corrected chi connectivity index (χ3v) is 6.97. The van der Waals surface area contributed by atoms with Crippen molar-refractivity contribution in [3.05, 3.63) is 77.8 Å². The molecule has 0 atom stereocenters. The van der Waals surface area contributed by atoms with Gasteiger partial charge in [0.2, 0.25) is 0 Å². The number of benzene rings is 2. The Morgan fingerprint density at radius 1 is 1.00 bits per heavy atom. The summed E-state index contributed by atoms with van der Waals surface area (Å²) in [7, 11) is 0. The summed E-state index contributed by atoms with van der Waals surface area (Å²) in [4.78, 5) is 29.6. The van der Waals surface area contributed by atoms with Gasteiger partial charge in [0.05, 0.1) is 16.3 Å². The van der Waals surface area contributed by atoms with Crippen LogP contribution in [0.25, 0.3) is 21.8 Å². The molecule has 1 aliphatic rings. The fraction of sp³-hybridized carbons (Fsp3) is 0.231. The Balaban J connectivity index is 1.52. The van der Waals surface area contributed by atoms with Crippen LogP contribution in [0.3, 0.4) is 0 Å². The van der Waals surface area contributed by atoms with E-state index in [1.54, 1.807) is 35.7 Å². The van der Waals surface area contributed by atoms with Crippen molar-refractivity contribution in [2.45, 2.75) is 26.2 Å². The van der Waals surface area contributed by atoms with Crippen molar-refractivity contribution in [3.8, 4) is 21.8 Å². The van der Waals surface area contributed by atoms with Crippen molar-refractivity contribution in [1.82, 2.24) is 15.0 Å². The molecule has 1 amide bonds. The number of hydrogen-bond donors (Lipinski definition) is 1. The van der Waals surface area contributed by atoms with Crippen molar-refractivity contribution in [3.63, 3.8) is 0 Å². The number of nitrogens with zero attached hydrogens (tertiary/aromatic N) is 4. The van der Waals surface area contributed by atoms with E-state index in [0.717, 1.165) is 65.0 Å². The minimum absolute atomic E-state index is 0.410. The summed E-state index contributed by atoms with van der Waals surface area (Å²) in [6.07, 6.45) is 5.20. The Kier molecular flexibility index (Phi) is 6.50. The molecule has 0 spiro atoms. The maximum absolute atomic E-state index is 14.1. The number of amides is 1. The molecule has 1 aliphatic heterocycles. The Labute approximate surface area is 205 Å². The van der Waals surface area contributed by atoms with Gasteiger partial charge in [0.25, 0.3) is 5.91 Å². The Bertz CT molecular complexity index is 1360. The van der Waals surface area contributed by atoms with E-state index in [-0.39, 0.29) is 0 Å². The molecule has 0 radical (unpaired) electrons. The molecule has 1 N–H and O–H groups in total. The molecule has 0 bridgehead atoms. The normalized spacial score (nSPS) is 13.6. The van der Waals surface area contributed by atoms with Crippen LogP contribution >= 0.6 is 11.3 Å². The largest absolute Gasteiger partial charge is 0.348 e. The number of aromatic nitrogens is 3. The average Bonchev–Trinajstić information content (AvgIpc) is 3.30. The average molecular weight is 492 g/mol. The number of carbonyl (C=O) groups is 1. The van der Waals surface area contributed by atoms with Gasteiger partial charge in [0.1, 0.15) is 23.0 Å². The number of hydrogen-bond acceptors (Lipinski definition) is 6. The number of carbonyl (C=O) groups excluding carboxylic acids is 1. The van der Waals surface area contributed by atoms with Gasteiger partial charge >= 0.3 is 0 Å². The highest BCUT2D eigenvalue weighted by atomic mass is 32.1. The summed E-state index contributed by atoms with van der Waals surface area (Å²) in [6.45, 7) is 3.76. The van der Waals surface area contributed by atoms with Crippen LogP contribution in [0.1, 0.15) is 35.4 Å². The van der Waals surface area contributed by atoms with Gasteiger partial charge in [0.15, 0.2) is 5.13 Å². The summed E-state index contributed by atoms with van der Waals surface area (Å²) >= 11 is 1.58. The minimum atomic E-state index is -0.911. The number of rotatable bonds is 5. The van der Waals surface area contributed by atoms with Crippen LogP contribution < -0.4 is 10.2 Å². The third kappa shape index (κ3) is 4.90. The first-order chi connectivity index (χ1) is 17.0. The molecule has 0 saturated carbocycles. The van der Waals surface area contributed by atoms with Crippen molar-refractivity contribution in [1.29, 1.82) is 0 Å². The van der Waals surface area contributed by atoms with Gasteiger partial charge in [-0.1, -0.05) is 29.5 Å². The first kappa shape index (κ1) is 23.0. The summed E-state index contributed by atoms with van der Waals surface area (Å²) in [5.41, 5.74) is 2.07. The third-order valence-electron chi connectivity index (χ3n) is 5.83. The zero-order valence-electron chi connectivity index (χ0n) is 19.1. The number of halogens is 2. The molecule has 0 aliphatic carbocycles. The van der Waals surface area contributed by atoms with Gasteiger partial charge in [-0.05, 0) is 56.5 Å². The molecule has 1 saturated heterocycles. The van der Waals surface area contributed by atoms with Crippen LogP contribution in [0.2, 0.25) is 0 Å². The van der Waals surface area contributed by atoms with E-state index in [1.807, 2.05) is 19.1 Å². The topological polar surface area (TPSA) is 71.0 Å². The number of thiazole rings is 1. The van der Waals surface area contributed by atoms with Gasteiger partial charge in [-0.2, -0.15) is 0 Å². The Morgan fingerprint density at radius 2 is 1.74 bits per heavy atom. The monoisotopic (exact) mass is 491 g/mol. The smallest absolute Gasteiger partial charge is 0.261 e. The number of nitrogens with one attached hydrogen (secondary N) is 1. The molecule has 178 valence electrons. The first-order valence-corrected chi connectivity index (χ1v) is 12.2. The molecule has 9 heteroatoms. The molecule has 1 fully saturated rings. The summed E-state index contributed by atoms with van der Waals surface area (Å²) in [5.74, 6) is -2.01. The Morgan fingerprint density at radius 3 is 2.49 bits per heavy atom. The molecule has 35 heavy (non-hydrogen) atoms. The van der Waals surface area contributed by atoms with Crippen LogP contribution in [0.5, 0.6) is 0 Å². The highest BCUT2D eigenvalue weighted by Gasteiger charge is 2.22. The van der Waals surface area contributed by atoms with Crippen LogP contribution in [-0.2, 0) is 0 Å². The molecular formula is C26H23F2N5OS. The van der Waals surface area contributed by atoms with E-state index in [4.69, 9.17) is 4.98 Å². The first-order valence-electron chi connectivity index (χ1n) is 11.4. The lowest BCUT2D eigenvalue weighted by molar-refractivity contribution is 0.101. The van der Waals surface area contributed by atoms with E-state index >= 15 is 0 Å². The second-order valence-corrected chi connectivity index (χ2v) is 9.32. The highest BCUT2D eigenvalue weighted by Crippen LogP contribution is 2.40. The van der Waals surface area contributed by atoms with Crippen molar-refractivity contribution in [2.75, 3.05) is 23.3 Å². The summed E-state index contributed by atoms with van der Waals surface area (Å²) in [5, 5.41) is 3.53. The zero-order chi connectivity index (χ0) is 24.4. The van der Waals surface area contributed by atoms with Crippen LogP contribution in [0.15, 0.2) is 54.7 Å². The number of aryl methyl sites for hydroxylation is 1. The quantitative estimate of drug-likeness (QED) is 0.365. The lowest BCUT2D eigenvalue weighted by Gasteiger charge is -2.25. The molecule has 4 aromatic rings. The predicted molar refractivity (Wildman–Crippen MR) is 134 cm³/mol. The number of piperidine rings is 1. The van der Waals surface area contributed by atoms with Crippen molar-refractivity contribution >= 4 is 28.1 Å². The van der Waals surface area contributed by atoms with Crippen LogP contribution in [0.4, 0.5) is 19.6 Å². The molecule has 3 heterocycles. The van der Waals surface area contributed by atoms with Crippen LogP contribution in [0, 0.1) is 18.6 Å². The fourth-order valence-electron chi connectivity index (χ4n) is 4.13. The predicted octanol–water partition coefficient (Wildman–Crippen LogP) is 6.10. The second kappa shape index (κ2) is 9.87. The molecular weight excluding hydrogens is 468 g/mol. The molecule has 5 rings (SSSR count). The van der Waals surface area contributed by atoms with Gasteiger partial charge in [-0.25, -0.2) is 23.7 Å². The maximum Gasteiger partial charge on any atom is 0.261 e. The number of anilines is 2. The summed E-state index contributed by atoms with van der Waals surface area (Å²) in [6, 6.07) is 12.3. The SMILES string of the molecule is Cc1nccc(-c2sc(N3CCCCC3)nc2-c2cccc(NC(=O)c3c(F)cccc3F)c2)n1. The van der Waals surface area contributed by atoms with E-state index in [1.165, 1.54) is 12.5 Å². The van der Waals surface area contributed by atoms with E-state index in [2.05, 4.69) is 20.2 Å². The van der Waals surface area contributed by atoms with Gasteiger partial charge in [-0.3, -0.25) is 4.79 Å².